The maximum Gasteiger partial charge on any atom is 0.0312 e. The van der Waals surface area contributed by atoms with Crippen molar-refractivity contribution in [3.63, 3.8) is 0 Å². The zero-order valence-electron chi connectivity index (χ0n) is 49.4. The number of benzene rings is 8. The lowest BCUT2D eigenvalue weighted by Crippen LogP contribution is -2.35. The summed E-state index contributed by atoms with van der Waals surface area (Å²) in [6.07, 6.45) is 13.8. The highest BCUT2D eigenvalue weighted by molar-refractivity contribution is 5.83. The molecule has 0 saturated heterocycles. The highest BCUT2D eigenvalue weighted by Gasteiger charge is 2.50. The predicted molar refractivity (Wildman–Crippen MR) is 336 cm³/mol. The number of fused-ring (bicyclic) bond motifs is 6. The van der Waals surface area contributed by atoms with E-state index in [1.165, 1.54) is 89.0 Å². The summed E-state index contributed by atoms with van der Waals surface area (Å²) in [5, 5.41) is 0. The van der Waals surface area contributed by atoms with Crippen LogP contribution in [0.15, 0.2) is 206 Å². The fourth-order valence-corrected chi connectivity index (χ4v) is 13.8. The molecular weight excluding hydrogens is 937 g/mol. The quantitative estimate of drug-likeness (QED) is 0.0668. The van der Waals surface area contributed by atoms with Crippen LogP contribution in [0.25, 0.3) is 22.3 Å². The Labute approximate surface area is 471 Å². The van der Waals surface area contributed by atoms with Crippen LogP contribution in [0.4, 0.5) is 0 Å². The Morgan fingerprint density at radius 1 is 0.269 bits per heavy atom. The van der Waals surface area contributed by atoms with Gasteiger partial charge in [-0.2, -0.15) is 0 Å². The lowest BCUT2D eigenvalue weighted by atomic mass is 9.60. The number of hydrogen-bond acceptors (Lipinski definition) is 0. The first-order valence-corrected chi connectivity index (χ1v) is 29.7. The Morgan fingerprint density at radius 3 is 0.718 bits per heavy atom. The second kappa shape index (κ2) is 21.6. The SMILES string of the molecule is CC(C)(C)c1ccc2c(c1)C(C(CCCC/C=C/CCCCC(c1ccccc1)(c1ccccc1)C1c3cc(C(C)(C)C)ccc3-c3ccc(C(C)(C)C)cc31)(c1ccccc1)c1ccccc1)c1cc(C(C)(C)C)ccc1-2. The van der Waals surface area contributed by atoms with Crippen LogP contribution in [0.2, 0.25) is 0 Å². The van der Waals surface area contributed by atoms with Crippen LogP contribution >= 0.6 is 0 Å². The Balaban J connectivity index is 0.936. The van der Waals surface area contributed by atoms with Crippen molar-refractivity contribution in [2.75, 3.05) is 0 Å². The smallest absolute Gasteiger partial charge is 0.0312 e. The fraction of sp³-hybridized carbons (Fsp3) is 0.359. The van der Waals surface area contributed by atoms with Gasteiger partial charge >= 0.3 is 0 Å². The van der Waals surface area contributed by atoms with E-state index in [4.69, 9.17) is 0 Å². The van der Waals surface area contributed by atoms with E-state index in [-0.39, 0.29) is 44.3 Å². The Morgan fingerprint density at radius 2 is 0.500 bits per heavy atom. The summed E-state index contributed by atoms with van der Waals surface area (Å²) in [7, 11) is 0. The van der Waals surface area contributed by atoms with Gasteiger partial charge in [-0.1, -0.05) is 302 Å². The molecule has 0 bridgehead atoms. The average Bonchev–Trinajstić information content (AvgIpc) is 3.95. The Kier molecular flexibility index (Phi) is 15.2. The van der Waals surface area contributed by atoms with Gasteiger partial charge in [0.25, 0.3) is 0 Å². The van der Waals surface area contributed by atoms with Crippen molar-refractivity contribution in [3.8, 4) is 22.3 Å². The molecule has 0 radical (unpaired) electrons. The minimum atomic E-state index is -0.272. The van der Waals surface area contributed by atoms with Crippen molar-refractivity contribution >= 4 is 0 Å². The van der Waals surface area contributed by atoms with Gasteiger partial charge in [0.05, 0.1) is 0 Å². The zero-order chi connectivity index (χ0) is 55.1. The number of allylic oxidation sites excluding steroid dienone is 2. The number of rotatable bonds is 16. The minimum absolute atomic E-state index is 0.0354. The standard InChI is InChI=1S/C78H88/c1-73(2,3)59-41-45-63-64-46-42-60(74(4,5)6)52-68(64)71(67(63)51-59)77(55-33-23-19-24-34-55,56-35-25-20-26-36-56)49-31-17-15-13-14-16-18-32-50-78(57-37-27-21-28-38-57,58-39-29-22-30-40-58)72-69-53-61(75(7,8)9)43-47-65(69)66-48-44-62(54-70(66)72)76(10,11)12/h13-14,19-30,33-48,51-54,71-72H,15-18,31-32,49-50H2,1-12H3/b14-13+. The summed E-state index contributed by atoms with van der Waals surface area (Å²) in [4.78, 5) is 0. The molecule has 0 N–H and O–H groups in total. The van der Waals surface area contributed by atoms with Gasteiger partial charge in [0.2, 0.25) is 0 Å². The van der Waals surface area contributed by atoms with E-state index in [2.05, 4.69) is 289 Å². The molecule has 0 amide bonds. The minimum Gasteiger partial charge on any atom is -0.0885 e. The van der Waals surface area contributed by atoms with Crippen molar-refractivity contribution in [1.82, 2.24) is 0 Å². The molecule has 0 heteroatoms. The Hall–Kier alpha value is -6.50. The monoisotopic (exact) mass is 1020 g/mol. The molecule has 78 heavy (non-hydrogen) atoms. The van der Waals surface area contributed by atoms with Crippen molar-refractivity contribution < 1.29 is 0 Å². The first-order chi connectivity index (χ1) is 37.2. The third-order valence-corrected chi connectivity index (χ3v) is 18.2. The van der Waals surface area contributed by atoms with Crippen LogP contribution in [0.3, 0.4) is 0 Å². The molecule has 0 unspecified atom stereocenters. The second-order valence-electron chi connectivity index (χ2n) is 27.4. The van der Waals surface area contributed by atoms with Gasteiger partial charge < -0.3 is 0 Å². The van der Waals surface area contributed by atoms with E-state index in [1.54, 1.807) is 0 Å². The summed E-state index contributed by atoms with van der Waals surface area (Å²) in [6.45, 7) is 28.3. The van der Waals surface area contributed by atoms with E-state index < -0.39 is 0 Å². The fourth-order valence-electron chi connectivity index (χ4n) is 13.8. The van der Waals surface area contributed by atoms with Crippen LogP contribution in [-0.4, -0.2) is 0 Å². The highest BCUT2D eigenvalue weighted by Crippen LogP contribution is 2.61. The summed E-state index contributed by atoms with van der Waals surface area (Å²) < 4.78 is 0. The lowest BCUT2D eigenvalue weighted by Gasteiger charge is -2.42. The third-order valence-electron chi connectivity index (χ3n) is 18.2. The van der Waals surface area contributed by atoms with Crippen molar-refractivity contribution in [1.29, 1.82) is 0 Å². The van der Waals surface area contributed by atoms with E-state index in [1.807, 2.05) is 0 Å². The molecule has 0 saturated carbocycles. The highest BCUT2D eigenvalue weighted by atomic mass is 14.5. The molecule has 8 aromatic carbocycles. The molecule has 0 nitrogen and oxygen atoms in total. The topological polar surface area (TPSA) is 0 Å². The van der Waals surface area contributed by atoms with Crippen LogP contribution < -0.4 is 0 Å². The third kappa shape index (κ3) is 10.5. The van der Waals surface area contributed by atoms with Crippen LogP contribution in [0.5, 0.6) is 0 Å². The summed E-state index contributed by atoms with van der Waals surface area (Å²) in [5.41, 5.74) is 22.4. The molecule has 0 fully saturated rings. The van der Waals surface area contributed by atoms with Crippen molar-refractivity contribution in [3.05, 3.63) is 273 Å². The van der Waals surface area contributed by atoms with Crippen molar-refractivity contribution in [2.24, 2.45) is 0 Å². The maximum absolute atomic E-state index is 2.58. The molecule has 10 rings (SSSR count). The van der Waals surface area contributed by atoms with E-state index in [9.17, 15) is 0 Å². The van der Waals surface area contributed by atoms with Gasteiger partial charge in [0.1, 0.15) is 0 Å². The molecule has 0 heterocycles. The first-order valence-electron chi connectivity index (χ1n) is 29.7. The predicted octanol–water partition coefficient (Wildman–Crippen LogP) is 21.5. The molecular formula is C78H88. The van der Waals surface area contributed by atoms with E-state index >= 15 is 0 Å². The molecule has 0 spiro atoms. The Bertz CT molecular complexity index is 2920. The van der Waals surface area contributed by atoms with Gasteiger partial charge in [-0.25, -0.2) is 0 Å². The van der Waals surface area contributed by atoms with E-state index in [0.29, 0.717) is 0 Å². The van der Waals surface area contributed by atoms with Crippen LogP contribution in [0.1, 0.15) is 213 Å². The molecule has 0 aromatic heterocycles. The van der Waals surface area contributed by atoms with Gasteiger partial charge in [0, 0.05) is 22.7 Å². The lowest BCUT2D eigenvalue weighted by molar-refractivity contribution is 0.403. The van der Waals surface area contributed by atoms with Gasteiger partial charge in [-0.3, -0.25) is 0 Å². The van der Waals surface area contributed by atoms with Gasteiger partial charge in [-0.05, 0) is 149 Å². The average molecular weight is 1030 g/mol. The number of unbranched alkanes of at least 4 members (excludes halogenated alkanes) is 4. The maximum atomic E-state index is 2.58. The van der Waals surface area contributed by atoms with Crippen LogP contribution in [-0.2, 0) is 32.5 Å². The van der Waals surface area contributed by atoms with Gasteiger partial charge in [-0.15, -0.1) is 0 Å². The molecule has 8 aromatic rings. The first kappa shape index (κ1) is 54.8. The second-order valence-corrected chi connectivity index (χ2v) is 27.4. The largest absolute Gasteiger partial charge is 0.0885 e. The normalized spacial score (nSPS) is 14.2. The number of hydrogen-bond donors (Lipinski definition) is 0. The summed E-state index contributed by atoms with van der Waals surface area (Å²) in [6, 6.07) is 76.0. The molecule has 2 aliphatic carbocycles. The van der Waals surface area contributed by atoms with E-state index in [0.717, 1.165) is 51.4 Å². The van der Waals surface area contributed by atoms with Crippen molar-refractivity contribution in [2.45, 2.75) is 179 Å². The molecule has 2 aliphatic rings. The molecule has 0 atom stereocenters. The zero-order valence-corrected chi connectivity index (χ0v) is 49.4. The summed E-state index contributed by atoms with van der Waals surface area (Å²) >= 11 is 0. The van der Waals surface area contributed by atoms with Gasteiger partial charge in [0.15, 0.2) is 0 Å². The summed E-state index contributed by atoms with van der Waals surface area (Å²) in [5.74, 6) is 0.331. The molecule has 400 valence electrons. The molecule has 0 aliphatic heterocycles. The van der Waals surface area contributed by atoms with Crippen LogP contribution in [0, 0.1) is 0 Å².